The molecule has 4 aromatic carbocycles. The highest BCUT2D eigenvalue weighted by Crippen LogP contribution is 2.38. The first-order valence-corrected chi connectivity index (χ1v) is 18.3. The van der Waals surface area contributed by atoms with Crippen molar-refractivity contribution in [2.75, 3.05) is 11.5 Å². The van der Waals surface area contributed by atoms with Crippen molar-refractivity contribution in [2.45, 2.75) is 129 Å². The summed E-state index contributed by atoms with van der Waals surface area (Å²) in [6, 6.07) is 32.2. The molecule has 4 N–H and O–H groups in total. The molecular formula is C44H60N2. The van der Waals surface area contributed by atoms with Crippen molar-refractivity contribution in [3.05, 3.63) is 129 Å². The molecule has 0 aromatic heterocycles. The molecule has 4 aromatic rings. The van der Waals surface area contributed by atoms with Crippen LogP contribution in [0.25, 0.3) is 0 Å². The standard InChI is InChI=1S/C44H60N2/c1-6-9-12-13-14-17-42(34-18-22-36(23-19-34)43(15-10-7-2)40-28-26-38(45)30-32(40)4)35-20-24-37(25-21-35)44(16-11-8-3)41-29-27-39(46)31-33(41)5/h18-31,42-44H,6-17,45-46H2,1-5H3. The summed E-state index contributed by atoms with van der Waals surface area (Å²) in [6.45, 7) is 11.3. The van der Waals surface area contributed by atoms with Gasteiger partial charge in [0.15, 0.2) is 0 Å². The molecule has 0 amide bonds. The molecule has 2 heteroatoms. The molecule has 4 rings (SSSR count). The highest BCUT2D eigenvalue weighted by atomic mass is 14.5. The Balaban J connectivity index is 1.64. The number of nitrogens with two attached hydrogens (primary N) is 2. The third-order valence-corrected chi connectivity index (χ3v) is 10.1. The maximum atomic E-state index is 6.13. The van der Waals surface area contributed by atoms with Crippen LogP contribution in [0.1, 0.15) is 160 Å². The summed E-state index contributed by atoms with van der Waals surface area (Å²) in [6.07, 6.45) is 14.9. The first-order chi connectivity index (χ1) is 22.4. The fourth-order valence-corrected chi connectivity index (χ4v) is 7.40. The van der Waals surface area contributed by atoms with Crippen LogP contribution < -0.4 is 11.5 Å². The average Bonchev–Trinajstić information content (AvgIpc) is 3.05. The van der Waals surface area contributed by atoms with E-state index in [9.17, 15) is 0 Å². The fraction of sp³-hybridized carbons (Fsp3) is 0.455. The van der Waals surface area contributed by atoms with Gasteiger partial charge in [0.25, 0.3) is 0 Å². The van der Waals surface area contributed by atoms with Crippen LogP contribution in [0.2, 0.25) is 0 Å². The number of anilines is 2. The molecule has 0 spiro atoms. The highest BCUT2D eigenvalue weighted by Gasteiger charge is 2.21. The van der Waals surface area contributed by atoms with Crippen LogP contribution in [0.5, 0.6) is 0 Å². The number of rotatable bonds is 18. The molecule has 246 valence electrons. The zero-order valence-corrected chi connectivity index (χ0v) is 29.5. The number of hydrogen-bond donors (Lipinski definition) is 2. The Hall–Kier alpha value is -3.52. The van der Waals surface area contributed by atoms with Gasteiger partial charge in [-0.15, -0.1) is 0 Å². The molecule has 0 heterocycles. The quantitative estimate of drug-likeness (QED) is 0.0863. The molecule has 46 heavy (non-hydrogen) atoms. The third kappa shape index (κ3) is 9.50. The fourth-order valence-electron chi connectivity index (χ4n) is 7.40. The summed E-state index contributed by atoms with van der Waals surface area (Å²) < 4.78 is 0. The van der Waals surface area contributed by atoms with Crippen molar-refractivity contribution in [3.8, 4) is 0 Å². The molecule has 0 aliphatic carbocycles. The van der Waals surface area contributed by atoms with E-state index in [-0.39, 0.29) is 0 Å². The van der Waals surface area contributed by atoms with Gasteiger partial charge < -0.3 is 11.5 Å². The molecule has 2 atom stereocenters. The summed E-state index contributed by atoms with van der Waals surface area (Å²) in [5, 5.41) is 0. The van der Waals surface area contributed by atoms with E-state index in [1.807, 2.05) is 0 Å². The maximum Gasteiger partial charge on any atom is 0.0316 e. The topological polar surface area (TPSA) is 52.0 Å². The lowest BCUT2D eigenvalue weighted by molar-refractivity contribution is 0.579. The molecule has 0 saturated heterocycles. The van der Waals surface area contributed by atoms with Gasteiger partial charge in [0.1, 0.15) is 0 Å². The lowest BCUT2D eigenvalue weighted by Crippen LogP contribution is -2.07. The Labute approximate surface area is 281 Å². The van der Waals surface area contributed by atoms with Crippen molar-refractivity contribution < 1.29 is 0 Å². The molecule has 0 aliphatic rings. The monoisotopic (exact) mass is 616 g/mol. The van der Waals surface area contributed by atoms with Gasteiger partial charge in [-0.2, -0.15) is 0 Å². The van der Waals surface area contributed by atoms with Gasteiger partial charge in [-0.05, 0) is 102 Å². The Morgan fingerprint density at radius 3 is 1.13 bits per heavy atom. The van der Waals surface area contributed by atoms with Crippen LogP contribution >= 0.6 is 0 Å². The highest BCUT2D eigenvalue weighted by molar-refractivity contribution is 5.50. The van der Waals surface area contributed by atoms with Gasteiger partial charge in [0.05, 0.1) is 0 Å². The molecule has 2 unspecified atom stereocenters. The molecule has 0 saturated carbocycles. The van der Waals surface area contributed by atoms with Crippen LogP contribution in [0, 0.1) is 13.8 Å². The van der Waals surface area contributed by atoms with Gasteiger partial charge >= 0.3 is 0 Å². The van der Waals surface area contributed by atoms with Crippen LogP contribution in [0.4, 0.5) is 11.4 Å². The Kier molecular flexibility index (Phi) is 13.8. The number of benzene rings is 4. The second-order valence-corrected chi connectivity index (χ2v) is 13.7. The van der Waals surface area contributed by atoms with E-state index in [0.29, 0.717) is 17.8 Å². The van der Waals surface area contributed by atoms with Gasteiger partial charge in [-0.1, -0.05) is 139 Å². The minimum atomic E-state index is 0.401. The Morgan fingerprint density at radius 2 is 0.761 bits per heavy atom. The largest absolute Gasteiger partial charge is 0.399 e. The second-order valence-electron chi connectivity index (χ2n) is 13.7. The SMILES string of the molecule is CCCCCCCC(c1ccc(C(CCCC)c2ccc(N)cc2C)cc1)c1ccc(C(CCCC)c2ccc(N)cc2C)cc1. The predicted octanol–water partition coefficient (Wildman–Crippen LogP) is 12.6. The Morgan fingerprint density at radius 1 is 0.413 bits per heavy atom. The van der Waals surface area contributed by atoms with Crippen molar-refractivity contribution in [3.63, 3.8) is 0 Å². The van der Waals surface area contributed by atoms with Crippen LogP contribution in [0.15, 0.2) is 84.9 Å². The lowest BCUT2D eigenvalue weighted by atomic mass is 9.81. The van der Waals surface area contributed by atoms with Crippen molar-refractivity contribution in [1.29, 1.82) is 0 Å². The minimum absolute atomic E-state index is 0.401. The third-order valence-electron chi connectivity index (χ3n) is 10.1. The number of hydrogen-bond acceptors (Lipinski definition) is 2. The first kappa shape index (κ1) is 35.3. The average molecular weight is 617 g/mol. The van der Waals surface area contributed by atoms with E-state index in [0.717, 1.165) is 24.2 Å². The minimum Gasteiger partial charge on any atom is -0.399 e. The van der Waals surface area contributed by atoms with E-state index in [2.05, 4.69) is 120 Å². The first-order valence-electron chi connectivity index (χ1n) is 18.3. The smallest absolute Gasteiger partial charge is 0.0316 e. The summed E-state index contributed by atoms with van der Waals surface area (Å²) >= 11 is 0. The van der Waals surface area contributed by atoms with Gasteiger partial charge in [-0.3, -0.25) is 0 Å². The molecular weight excluding hydrogens is 556 g/mol. The number of unbranched alkanes of at least 4 members (excludes halogenated alkanes) is 6. The van der Waals surface area contributed by atoms with Gasteiger partial charge in [0, 0.05) is 29.1 Å². The van der Waals surface area contributed by atoms with Crippen molar-refractivity contribution in [2.24, 2.45) is 0 Å². The summed E-state index contributed by atoms with van der Waals surface area (Å²) in [7, 11) is 0. The Bertz CT molecular complexity index is 1360. The zero-order valence-electron chi connectivity index (χ0n) is 29.5. The second kappa shape index (κ2) is 18.0. The summed E-state index contributed by atoms with van der Waals surface area (Å²) in [5.74, 6) is 1.21. The predicted molar refractivity (Wildman–Crippen MR) is 202 cm³/mol. The van der Waals surface area contributed by atoms with E-state index in [4.69, 9.17) is 11.5 Å². The van der Waals surface area contributed by atoms with Crippen LogP contribution in [0.3, 0.4) is 0 Å². The molecule has 0 bridgehead atoms. The van der Waals surface area contributed by atoms with Crippen LogP contribution in [-0.2, 0) is 0 Å². The lowest BCUT2D eigenvalue weighted by Gasteiger charge is -2.24. The number of nitrogen functional groups attached to an aromatic ring is 2. The van der Waals surface area contributed by atoms with E-state index < -0.39 is 0 Å². The summed E-state index contributed by atoms with van der Waals surface area (Å²) in [4.78, 5) is 0. The van der Waals surface area contributed by atoms with E-state index >= 15 is 0 Å². The molecule has 0 radical (unpaired) electrons. The molecule has 0 aliphatic heterocycles. The van der Waals surface area contributed by atoms with Crippen molar-refractivity contribution >= 4 is 11.4 Å². The molecule has 0 fully saturated rings. The number of aryl methyl sites for hydroxylation is 2. The normalized spacial score (nSPS) is 13.4. The zero-order chi connectivity index (χ0) is 32.9. The van der Waals surface area contributed by atoms with Crippen LogP contribution in [-0.4, -0.2) is 0 Å². The van der Waals surface area contributed by atoms with Gasteiger partial charge in [-0.25, -0.2) is 0 Å². The summed E-state index contributed by atoms with van der Waals surface area (Å²) in [5.41, 5.74) is 25.1. The van der Waals surface area contributed by atoms with E-state index in [1.165, 1.54) is 109 Å². The van der Waals surface area contributed by atoms with Gasteiger partial charge in [0.2, 0.25) is 0 Å². The molecule has 2 nitrogen and oxygen atoms in total. The van der Waals surface area contributed by atoms with Crippen molar-refractivity contribution in [1.82, 2.24) is 0 Å². The van der Waals surface area contributed by atoms with E-state index in [1.54, 1.807) is 0 Å². The maximum absolute atomic E-state index is 6.13.